The van der Waals surface area contributed by atoms with Crippen LogP contribution < -0.4 is 10.2 Å². The molecule has 2 aromatic carbocycles. The van der Waals surface area contributed by atoms with Crippen LogP contribution in [0.5, 0.6) is 0 Å². The van der Waals surface area contributed by atoms with Gasteiger partial charge < -0.3 is 4.90 Å². The number of amides is 3. The molecule has 0 aliphatic heterocycles. The molecule has 0 aliphatic rings. The number of hydroxylamine groups is 1. The number of carbonyl (C=O) groups excluding carboxylic acids is 2. The Morgan fingerprint density at radius 2 is 1.62 bits per heavy atom. The summed E-state index contributed by atoms with van der Waals surface area (Å²) in [5.41, 5.74) is 2.74. The number of nitrogens with zero attached hydrogens (tertiary/aromatic N) is 1. The maximum absolute atomic E-state index is 13.0. The quantitative estimate of drug-likeness (QED) is 0.471. The van der Waals surface area contributed by atoms with E-state index in [1.165, 1.54) is 6.07 Å². The first-order valence-electron chi connectivity index (χ1n) is 9.04. The van der Waals surface area contributed by atoms with Crippen LogP contribution in [0.25, 0.3) is 0 Å². The molecule has 0 unspecified atom stereocenters. The maximum atomic E-state index is 13.0. The smallest absolute Gasteiger partial charge is 0.307 e. The molecule has 1 atom stereocenters. The van der Waals surface area contributed by atoms with Gasteiger partial charge in [0.2, 0.25) is 0 Å². The Kier molecular flexibility index (Phi) is 7.35. The van der Waals surface area contributed by atoms with Crippen LogP contribution in [0.15, 0.2) is 59.5 Å². The third kappa shape index (κ3) is 5.55. The van der Waals surface area contributed by atoms with Crippen molar-refractivity contribution in [3.63, 3.8) is 0 Å². The second-order valence-corrected chi connectivity index (χ2v) is 8.61. The molecule has 0 spiro atoms. The number of carbonyl (C=O) groups is 2. The summed E-state index contributed by atoms with van der Waals surface area (Å²) in [6.07, 6.45) is 0. The van der Waals surface area contributed by atoms with Crippen LogP contribution in [0.3, 0.4) is 0 Å². The number of rotatable bonds is 7. The highest BCUT2D eigenvalue weighted by Gasteiger charge is 2.34. The lowest BCUT2D eigenvalue weighted by Crippen LogP contribution is -2.55. The Morgan fingerprint density at radius 3 is 2.17 bits per heavy atom. The molecule has 0 fully saturated rings. The Bertz CT molecular complexity index is 961. The number of nitrogens with one attached hydrogen (secondary N) is 2. The fraction of sp³-hybridized carbons (Fsp3) is 0.300. The zero-order chi connectivity index (χ0) is 21.6. The number of aryl methyl sites for hydroxylation is 1. The van der Waals surface area contributed by atoms with Gasteiger partial charge >= 0.3 is 6.03 Å². The van der Waals surface area contributed by atoms with Crippen LogP contribution in [0.4, 0.5) is 4.79 Å². The van der Waals surface area contributed by atoms with Crippen molar-refractivity contribution in [1.29, 1.82) is 0 Å². The highest BCUT2D eigenvalue weighted by Crippen LogP contribution is 2.18. The Hall–Kier alpha value is -2.91. The number of benzene rings is 2. The molecule has 0 saturated heterocycles. The molecule has 0 aromatic heterocycles. The van der Waals surface area contributed by atoms with E-state index < -0.39 is 33.9 Å². The van der Waals surface area contributed by atoms with Crippen LogP contribution in [0.1, 0.15) is 25.0 Å². The van der Waals surface area contributed by atoms with Gasteiger partial charge in [0.1, 0.15) is 6.04 Å². The average molecular weight is 420 g/mol. The molecule has 0 heterocycles. The summed E-state index contributed by atoms with van der Waals surface area (Å²) >= 11 is 0. The highest BCUT2D eigenvalue weighted by atomic mass is 32.2. The van der Waals surface area contributed by atoms with Gasteiger partial charge in [-0.1, -0.05) is 62.4 Å². The van der Waals surface area contributed by atoms with Gasteiger partial charge in [-0.05, 0) is 30.0 Å². The van der Waals surface area contributed by atoms with Crippen molar-refractivity contribution in [2.45, 2.75) is 38.3 Å². The topological polar surface area (TPSA) is 116 Å². The molecule has 156 valence electrons. The molecule has 2 aromatic rings. The highest BCUT2D eigenvalue weighted by molar-refractivity contribution is 7.90. The first kappa shape index (κ1) is 22.4. The molecule has 8 nitrogen and oxygen atoms in total. The summed E-state index contributed by atoms with van der Waals surface area (Å²) < 4.78 is 27.5. The van der Waals surface area contributed by atoms with Crippen LogP contribution in [-0.4, -0.2) is 36.5 Å². The van der Waals surface area contributed by atoms with Gasteiger partial charge in [0.15, 0.2) is 0 Å². The minimum atomic E-state index is -4.15. The maximum Gasteiger partial charge on any atom is 0.332 e. The van der Waals surface area contributed by atoms with E-state index in [2.05, 4.69) is 0 Å². The van der Waals surface area contributed by atoms with Gasteiger partial charge in [-0.15, -0.1) is 0 Å². The van der Waals surface area contributed by atoms with Crippen molar-refractivity contribution in [2.24, 2.45) is 5.92 Å². The van der Waals surface area contributed by atoms with Gasteiger partial charge in [0.05, 0.1) is 4.90 Å². The normalized spacial score (nSPS) is 12.3. The van der Waals surface area contributed by atoms with Crippen molar-refractivity contribution in [3.8, 4) is 0 Å². The van der Waals surface area contributed by atoms with Crippen LogP contribution in [0.2, 0.25) is 0 Å². The third-order valence-corrected chi connectivity index (χ3v) is 5.89. The zero-order valence-electron chi connectivity index (χ0n) is 16.5. The van der Waals surface area contributed by atoms with Crippen molar-refractivity contribution >= 4 is 22.0 Å². The van der Waals surface area contributed by atoms with Crippen molar-refractivity contribution < 1.29 is 23.2 Å². The van der Waals surface area contributed by atoms with E-state index in [1.54, 1.807) is 74.8 Å². The Labute approximate surface area is 170 Å². The summed E-state index contributed by atoms with van der Waals surface area (Å²) in [5, 5.41) is 9.12. The largest absolute Gasteiger partial charge is 0.332 e. The fourth-order valence-electron chi connectivity index (χ4n) is 3.03. The van der Waals surface area contributed by atoms with E-state index in [1.807, 2.05) is 4.72 Å². The summed E-state index contributed by atoms with van der Waals surface area (Å²) in [5.74, 6) is -1.20. The molecule has 29 heavy (non-hydrogen) atoms. The van der Waals surface area contributed by atoms with Gasteiger partial charge in [-0.2, -0.15) is 0 Å². The van der Waals surface area contributed by atoms with Crippen LogP contribution in [0, 0.1) is 12.8 Å². The molecule has 0 saturated carbocycles. The van der Waals surface area contributed by atoms with Crippen LogP contribution in [-0.2, 0) is 21.4 Å². The molecular formula is C20H25N3O5S. The van der Waals surface area contributed by atoms with E-state index >= 15 is 0 Å². The zero-order valence-corrected chi connectivity index (χ0v) is 17.3. The number of hydrogen-bond acceptors (Lipinski definition) is 5. The van der Waals surface area contributed by atoms with E-state index in [4.69, 9.17) is 5.21 Å². The SMILES string of the molecule is Cc1ccccc1S(=O)(=O)NC(=O)N(Cc1ccccc1)[C@H](C(=O)NO)C(C)C. The predicted molar refractivity (Wildman–Crippen MR) is 107 cm³/mol. The minimum absolute atomic E-state index is 0.0216. The van der Waals surface area contributed by atoms with E-state index in [-0.39, 0.29) is 11.4 Å². The number of hydrogen-bond donors (Lipinski definition) is 3. The number of urea groups is 1. The van der Waals surface area contributed by atoms with E-state index in [0.717, 1.165) is 4.90 Å². The molecule has 3 amide bonds. The van der Waals surface area contributed by atoms with Crippen molar-refractivity contribution in [2.75, 3.05) is 0 Å². The standard InChI is InChI=1S/C20H25N3O5S/c1-14(2)18(19(24)21-26)23(13-16-10-5-4-6-11-16)20(25)22-29(27,28)17-12-8-7-9-15(17)3/h4-12,14,18,26H,13H2,1-3H3,(H,21,24)(H,22,25)/t18-/m0/s1. The summed E-state index contributed by atoms with van der Waals surface area (Å²) in [4.78, 5) is 26.3. The van der Waals surface area contributed by atoms with E-state index in [0.29, 0.717) is 11.1 Å². The minimum Gasteiger partial charge on any atom is -0.307 e. The average Bonchev–Trinajstić information content (AvgIpc) is 2.67. The molecule has 2 rings (SSSR count). The molecule has 0 bridgehead atoms. The monoisotopic (exact) mass is 419 g/mol. The lowest BCUT2D eigenvalue weighted by Gasteiger charge is -2.32. The second kappa shape index (κ2) is 9.53. The Balaban J connectivity index is 2.40. The third-order valence-electron chi connectivity index (χ3n) is 4.41. The van der Waals surface area contributed by atoms with Gasteiger partial charge in [0.25, 0.3) is 15.9 Å². The Morgan fingerprint density at radius 1 is 1.03 bits per heavy atom. The molecule has 9 heteroatoms. The second-order valence-electron chi connectivity index (χ2n) is 6.95. The van der Waals surface area contributed by atoms with Gasteiger partial charge in [0, 0.05) is 6.54 Å². The number of sulfonamides is 1. The lowest BCUT2D eigenvalue weighted by atomic mass is 10.0. The first-order valence-corrected chi connectivity index (χ1v) is 10.5. The summed E-state index contributed by atoms with van der Waals surface area (Å²) in [6, 6.07) is 13.1. The predicted octanol–water partition coefficient (Wildman–Crippen LogP) is 2.43. The lowest BCUT2D eigenvalue weighted by molar-refractivity contribution is -0.135. The van der Waals surface area contributed by atoms with Gasteiger partial charge in [-0.25, -0.2) is 23.4 Å². The molecule has 0 radical (unpaired) electrons. The van der Waals surface area contributed by atoms with E-state index in [9.17, 15) is 18.0 Å². The first-order chi connectivity index (χ1) is 13.7. The summed E-state index contributed by atoms with van der Waals surface area (Å²) in [6.45, 7) is 4.99. The molecule has 0 aliphatic carbocycles. The summed E-state index contributed by atoms with van der Waals surface area (Å²) in [7, 11) is -4.15. The molecule has 3 N–H and O–H groups in total. The van der Waals surface area contributed by atoms with Crippen molar-refractivity contribution in [1.82, 2.24) is 15.1 Å². The van der Waals surface area contributed by atoms with Crippen molar-refractivity contribution in [3.05, 3.63) is 65.7 Å². The van der Waals surface area contributed by atoms with Crippen LogP contribution >= 0.6 is 0 Å². The molecular weight excluding hydrogens is 394 g/mol. The van der Waals surface area contributed by atoms with Gasteiger partial charge in [-0.3, -0.25) is 10.0 Å². The fourth-order valence-corrected chi connectivity index (χ4v) is 4.24.